The molecule has 0 radical (unpaired) electrons. The Morgan fingerprint density at radius 2 is 1.65 bits per heavy atom. The summed E-state index contributed by atoms with van der Waals surface area (Å²) in [6.07, 6.45) is 0. The van der Waals surface area contributed by atoms with Crippen molar-refractivity contribution in [2.24, 2.45) is 0 Å². The Bertz CT molecular complexity index is 1220. The highest BCUT2D eigenvalue weighted by atomic mass is 16.6. The molecule has 1 N–H and O–H groups in total. The van der Waals surface area contributed by atoms with Crippen molar-refractivity contribution in [3.8, 4) is 28.7 Å². The van der Waals surface area contributed by atoms with Gasteiger partial charge in [0.25, 0.3) is 11.6 Å². The molecule has 0 aliphatic heterocycles. The minimum absolute atomic E-state index is 0.111. The lowest BCUT2D eigenvalue weighted by Gasteiger charge is -2.08. The summed E-state index contributed by atoms with van der Waals surface area (Å²) in [5.74, 6) is 0.537. The average molecular weight is 416 g/mol. The summed E-state index contributed by atoms with van der Waals surface area (Å²) in [4.78, 5) is 22.5. The molecule has 0 aliphatic rings. The minimum atomic E-state index is -0.529. The molecule has 1 aromatic heterocycles. The van der Waals surface area contributed by atoms with Gasteiger partial charge in [0, 0.05) is 22.9 Å². The van der Waals surface area contributed by atoms with Crippen LogP contribution < -0.4 is 10.1 Å². The van der Waals surface area contributed by atoms with Crippen LogP contribution in [0.2, 0.25) is 0 Å². The number of aromatic nitrogens is 2. The predicted molar refractivity (Wildman–Crippen MR) is 112 cm³/mol. The number of nitro groups is 1. The van der Waals surface area contributed by atoms with Gasteiger partial charge in [-0.05, 0) is 36.4 Å². The number of non-ortho nitro benzene ring substituents is 1. The highest BCUT2D eigenvalue weighted by molar-refractivity contribution is 5.92. The van der Waals surface area contributed by atoms with E-state index in [1.807, 2.05) is 30.3 Å². The van der Waals surface area contributed by atoms with Crippen molar-refractivity contribution in [1.29, 1.82) is 0 Å². The summed E-state index contributed by atoms with van der Waals surface area (Å²) < 4.78 is 11.1. The number of nitrogens with one attached hydrogen (secondary N) is 1. The van der Waals surface area contributed by atoms with Crippen LogP contribution in [0.4, 0.5) is 11.4 Å². The zero-order chi connectivity index (χ0) is 21.6. The lowest BCUT2D eigenvalue weighted by Crippen LogP contribution is -2.20. The maximum Gasteiger partial charge on any atom is 0.273 e. The summed E-state index contributed by atoms with van der Waals surface area (Å²) in [5, 5.41) is 21.7. The fraction of sp³-hybridized carbons (Fsp3) is 0.0455. The molecular weight excluding hydrogens is 400 g/mol. The third kappa shape index (κ3) is 4.91. The number of carbonyl (C=O) groups excluding carboxylic acids is 1. The molecular formula is C22H16N4O5. The van der Waals surface area contributed by atoms with Gasteiger partial charge in [0.2, 0.25) is 11.8 Å². The topological polar surface area (TPSA) is 120 Å². The van der Waals surface area contributed by atoms with Crippen molar-refractivity contribution in [3.05, 3.63) is 89.0 Å². The van der Waals surface area contributed by atoms with Gasteiger partial charge in [-0.25, -0.2) is 0 Å². The number of nitrogens with zero attached hydrogens (tertiary/aromatic N) is 3. The van der Waals surface area contributed by atoms with Crippen LogP contribution >= 0.6 is 0 Å². The fourth-order valence-electron chi connectivity index (χ4n) is 2.80. The largest absolute Gasteiger partial charge is 0.484 e. The van der Waals surface area contributed by atoms with E-state index in [2.05, 4.69) is 15.5 Å². The Hall–Kier alpha value is -4.53. The number of carbonyl (C=O) groups is 1. The van der Waals surface area contributed by atoms with Gasteiger partial charge in [0.1, 0.15) is 5.75 Å². The molecule has 0 saturated heterocycles. The van der Waals surface area contributed by atoms with Crippen molar-refractivity contribution in [2.75, 3.05) is 11.9 Å². The summed E-state index contributed by atoms with van der Waals surface area (Å²) in [5.41, 5.74) is 1.86. The van der Waals surface area contributed by atoms with E-state index in [0.29, 0.717) is 23.0 Å². The van der Waals surface area contributed by atoms with E-state index in [0.717, 1.165) is 5.56 Å². The molecule has 1 heterocycles. The third-order valence-electron chi connectivity index (χ3n) is 4.24. The van der Waals surface area contributed by atoms with Gasteiger partial charge in [-0.3, -0.25) is 14.9 Å². The van der Waals surface area contributed by atoms with Gasteiger partial charge in [-0.1, -0.05) is 30.3 Å². The van der Waals surface area contributed by atoms with Crippen LogP contribution in [0.25, 0.3) is 22.9 Å². The summed E-state index contributed by atoms with van der Waals surface area (Å²) in [6.45, 7) is -0.301. The zero-order valence-corrected chi connectivity index (χ0v) is 16.1. The fourth-order valence-corrected chi connectivity index (χ4v) is 2.80. The monoisotopic (exact) mass is 416 g/mol. The first-order chi connectivity index (χ1) is 15.1. The minimum Gasteiger partial charge on any atom is -0.484 e. The van der Waals surface area contributed by atoms with Crippen LogP contribution in [-0.4, -0.2) is 27.6 Å². The number of ether oxygens (including phenoxy) is 1. The number of hydrogen-bond donors (Lipinski definition) is 1. The second kappa shape index (κ2) is 8.87. The number of amides is 1. The molecule has 0 atom stereocenters. The Morgan fingerprint density at radius 1 is 0.935 bits per heavy atom. The number of hydrogen-bond acceptors (Lipinski definition) is 7. The highest BCUT2D eigenvalue weighted by Crippen LogP contribution is 2.25. The molecule has 154 valence electrons. The van der Waals surface area contributed by atoms with Gasteiger partial charge in [-0.15, -0.1) is 10.2 Å². The molecule has 9 nitrogen and oxygen atoms in total. The SMILES string of the molecule is O=C(COc1cccc([N+](=O)[O-])c1)Nc1cccc(-c2nnc(-c3ccccc3)o2)c1. The molecule has 0 spiro atoms. The number of benzene rings is 3. The Labute approximate surface area is 176 Å². The van der Waals surface area contributed by atoms with Crippen molar-refractivity contribution in [3.63, 3.8) is 0 Å². The molecule has 0 unspecified atom stereocenters. The Morgan fingerprint density at radius 3 is 2.42 bits per heavy atom. The van der Waals surface area contributed by atoms with Crippen molar-refractivity contribution < 1.29 is 18.9 Å². The molecule has 0 fully saturated rings. The van der Waals surface area contributed by atoms with Crippen LogP contribution in [0.3, 0.4) is 0 Å². The number of rotatable bonds is 7. The lowest BCUT2D eigenvalue weighted by molar-refractivity contribution is -0.384. The average Bonchev–Trinajstić information content (AvgIpc) is 3.29. The maximum absolute atomic E-state index is 12.2. The highest BCUT2D eigenvalue weighted by Gasteiger charge is 2.12. The molecule has 0 aliphatic carbocycles. The zero-order valence-electron chi connectivity index (χ0n) is 16.1. The van der Waals surface area contributed by atoms with Crippen LogP contribution in [0.5, 0.6) is 5.75 Å². The molecule has 0 saturated carbocycles. The van der Waals surface area contributed by atoms with E-state index in [1.165, 1.54) is 18.2 Å². The Kier molecular flexibility index (Phi) is 5.66. The van der Waals surface area contributed by atoms with Gasteiger partial charge in [0.15, 0.2) is 6.61 Å². The number of nitro benzene ring substituents is 1. The molecule has 4 rings (SSSR count). The van der Waals surface area contributed by atoms with Gasteiger partial charge >= 0.3 is 0 Å². The van der Waals surface area contributed by atoms with Gasteiger partial charge in [0.05, 0.1) is 11.0 Å². The summed E-state index contributed by atoms with van der Waals surface area (Å²) in [7, 11) is 0. The van der Waals surface area contributed by atoms with E-state index >= 15 is 0 Å². The number of anilines is 1. The van der Waals surface area contributed by atoms with Crippen LogP contribution in [0.1, 0.15) is 0 Å². The quantitative estimate of drug-likeness (QED) is 0.352. The smallest absolute Gasteiger partial charge is 0.273 e. The first-order valence-electron chi connectivity index (χ1n) is 9.25. The van der Waals surface area contributed by atoms with E-state index in [4.69, 9.17) is 9.15 Å². The first-order valence-corrected chi connectivity index (χ1v) is 9.25. The van der Waals surface area contributed by atoms with E-state index in [1.54, 1.807) is 30.3 Å². The third-order valence-corrected chi connectivity index (χ3v) is 4.24. The van der Waals surface area contributed by atoms with Gasteiger partial charge in [-0.2, -0.15) is 0 Å². The maximum atomic E-state index is 12.2. The Balaban J connectivity index is 1.41. The van der Waals surface area contributed by atoms with E-state index in [-0.39, 0.29) is 18.0 Å². The molecule has 4 aromatic rings. The summed E-state index contributed by atoms with van der Waals surface area (Å²) in [6, 6.07) is 22.0. The van der Waals surface area contributed by atoms with E-state index in [9.17, 15) is 14.9 Å². The standard InChI is InChI=1S/C22H16N4O5/c27-20(14-30-19-11-5-10-18(13-19)26(28)29)23-17-9-4-8-16(12-17)22-25-24-21(31-22)15-6-2-1-3-7-15/h1-13H,14H2,(H,23,27). The van der Waals surface area contributed by atoms with Crippen molar-refractivity contribution in [2.45, 2.75) is 0 Å². The molecule has 31 heavy (non-hydrogen) atoms. The summed E-state index contributed by atoms with van der Waals surface area (Å²) >= 11 is 0. The van der Waals surface area contributed by atoms with Crippen LogP contribution in [-0.2, 0) is 4.79 Å². The van der Waals surface area contributed by atoms with Crippen molar-refractivity contribution in [1.82, 2.24) is 10.2 Å². The molecule has 1 amide bonds. The molecule has 3 aromatic carbocycles. The van der Waals surface area contributed by atoms with Crippen LogP contribution in [0, 0.1) is 10.1 Å². The molecule has 0 bridgehead atoms. The normalized spacial score (nSPS) is 10.5. The van der Waals surface area contributed by atoms with Gasteiger partial charge < -0.3 is 14.5 Å². The predicted octanol–water partition coefficient (Wildman–Crippen LogP) is 4.33. The van der Waals surface area contributed by atoms with Crippen LogP contribution in [0.15, 0.2) is 83.3 Å². The van der Waals surface area contributed by atoms with Crippen molar-refractivity contribution >= 4 is 17.3 Å². The second-order valence-electron chi connectivity index (χ2n) is 6.45. The first kappa shape index (κ1) is 19.8. The molecule has 9 heteroatoms. The van der Waals surface area contributed by atoms with E-state index < -0.39 is 10.8 Å². The lowest BCUT2D eigenvalue weighted by atomic mass is 10.2. The second-order valence-corrected chi connectivity index (χ2v) is 6.45.